The third-order valence-electron chi connectivity index (χ3n) is 7.01. The van der Waals surface area contributed by atoms with Crippen molar-refractivity contribution < 1.29 is 50.0 Å². The van der Waals surface area contributed by atoms with E-state index in [0.29, 0.717) is 11.1 Å². The summed E-state index contributed by atoms with van der Waals surface area (Å²) < 4.78 is 12.2. The lowest BCUT2D eigenvalue weighted by atomic mass is 9.82. The number of fused-ring (bicyclic) bond motifs is 3. The normalized spacial score (nSPS) is 21.5. The van der Waals surface area contributed by atoms with Gasteiger partial charge in [0.2, 0.25) is 5.78 Å². The largest absolute Gasteiger partial charge is 0.508 e. The Kier molecular flexibility index (Phi) is 5.44. The van der Waals surface area contributed by atoms with Crippen molar-refractivity contribution in [3.63, 3.8) is 0 Å². The highest BCUT2D eigenvalue weighted by Gasteiger charge is 2.47. The van der Waals surface area contributed by atoms with E-state index in [0.717, 1.165) is 12.1 Å². The van der Waals surface area contributed by atoms with Gasteiger partial charge in [-0.1, -0.05) is 18.2 Å². The molecule has 10 nitrogen and oxygen atoms in total. The number of aliphatic hydroxyl groups is 1. The number of carbonyl (C=O) groups excluding carboxylic acids is 1. The molecule has 0 saturated carbocycles. The molecule has 0 amide bonds. The Morgan fingerprint density at radius 3 is 1.92 bits per heavy atom. The molecule has 0 fully saturated rings. The molecular weight excluding hydrogens is 508 g/mol. The fourth-order valence-corrected chi connectivity index (χ4v) is 5.25. The maximum Gasteiger partial charge on any atom is 0.202 e. The first-order chi connectivity index (χ1) is 18.6. The van der Waals surface area contributed by atoms with Gasteiger partial charge in [-0.15, -0.1) is 0 Å². The minimum absolute atomic E-state index is 0.0130. The predicted octanol–water partition coefficient (Wildman–Crippen LogP) is 3.86. The van der Waals surface area contributed by atoms with Gasteiger partial charge in [0, 0.05) is 17.7 Å². The van der Waals surface area contributed by atoms with Gasteiger partial charge in [-0.25, -0.2) is 0 Å². The maximum absolute atomic E-state index is 13.5. The van der Waals surface area contributed by atoms with E-state index in [1.165, 1.54) is 42.5 Å². The second kappa shape index (κ2) is 8.74. The zero-order valence-corrected chi connectivity index (χ0v) is 20.0. The first kappa shape index (κ1) is 24.3. The van der Waals surface area contributed by atoms with Crippen LogP contribution < -0.4 is 9.47 Å². The van der Waals surface area contributed by atoms with Gasteiger partial charge < -0.3 is 45.2 Å². The Hall–Kier alpha value is -5.09. The number of hydrogen-bond acceptors (Lipinski definition) is 10. The average molecular weight is 530 g/mol. The first-order valence-corrected chi connectivity index (χ1v) is 11.9. The molecule has 4 aromatic rings. The fraction of sp³-hybridized carbons (Fsp3) is 0.138. The summed E-state index contributed by atoms with van der Waals surface area (Å²) in [5, 5.41) is 71.8. The maximum atomic E-state index is 13.5. The summed E-state index contributed by atoms with van der Waals surface area (Å²) in [5.41, 5.74) is 1.23. The van der Waals surface area contributed by atoms with Crippen molar-refractivity contribution in [3.05, 3.63) is 94.5 Å². The lowest BCUT2D eigenvalue weighted by molar-refractivity contribution is 0.0207. The third-order valence-corrected chi connectivity index (χ3v) is 7.01. The molecule has 0 unspecified atom stereocenters. The van der Waals surface area contributed by atoms with Crippen LogP contribution in [0.2, 0.25) is 0 Å². The van der Waals surface area contributed by atoms with Crippen molar-refractivity contribution in [1.82, 2.24) is 0 Å². The number of ether oxygens (including phenoxy) is 2. The quantitative estimate of drug-likeness (QED) is 0.192. The summed E-state index contributed by atoms with van der Waals surface area (Å²) >= 11 is 0. The summed E-state index contributed by atoms with van der Waals surface area (Å²) in [6.45, 7) is 0. The highest BCUT2D eigenvalue weighted by molar-refractivity contribution is 6.06. The monoisotopic (exact) mass is 530 g/mol. The Bertz CT molecular complexity index is 1610. The van der Waals surface area contributed by atoms with E-state index in [2.05, 4.69) is 0 Å². The molecule has 0 saturated heterocycles. The van der Waals surface area contributed by atoms with Crippen molar-refractivity contribution in [1.29, 1.82) is 0 Å². The van der Waals surface area contributed by atoms with E-state index < -0.39 is 35.8 Å². The van der Waals surface area contributed by atoms with Gasteiger partial charge in [0.1, 0.15) is 46.2 Å². The molecule has 6 rings (SSSR count). The van der Waals surface area contributed by atoms with Crippen LogP contribution >= 0.6 is 0 Å². The molecular formula is C29H22O10. The van der Waals surface area contributed by atoms with Gasteiger partial charge in [0.25, 0.3) is 0 Å². The van der Waals surface area contributed by atoms with Crippen molar-refractivity contribution in [2.75, 3.05) is 0 Å². The van der Waals surface area contributed by atoms with Gasteiger partial charge in [-0.3, -0.25) is 4.79 Å². The molecule has 2 aliphatic heterocycles. The van der Waals surface area contributed by atoms with E-state index in [9.17, 15) is 40.5 Å². The smallest absolute Gasteiger partial charge is 0.202 e. The summed E-state index contributed by atoms with van der Waals surface area (Å²) in [4.78, 5) is 13.5. The minimum Gasteiger partial charge on any atom is -0.508 e. The van der Waals surface area contributed by atoms with Crippen LogP contribution in [0.15, 0.2) is 66.7 Å². The topological polar surface area (TPSA) is 177 Å². The number of aromatic hydroxyl groups is 6. The molecule has 7 N–H and O–H groups in total. The molecule has 0 aliphatic carbocycles. The number of phenols is 6. The Labute approximate surface area is 220 Å². The van der Waals surface area contributed by atoms with Crippen molar-refractivity contribution in [2.45, 2.75) is 24.2 Å². The molecule has 10 heteroatoms. The van der Waals surface area contributed by atoms with Crippen LogP contribution in [0.25, 0.3) is 0 Å². The van der Waals surface area contributed by atoms with E-state index >= 15 is 0 Å². The van der Waals surface area contributed by atoms with E-state index in [1.807, 2.05) is 0 Å². The van der Waals surface area contributed by atoms with Crippen LogP contribution in [-0.4, -0.2) is 47.6 Å². The lowest BCUT2D eigenvalue weighted by Crippen LogP contribution is -2.36. The zero-order chi connectivity index (χ0) is 27.6. The van der Waals surface area contributed by atoms with Gasteiger partial charge in [-0.05, 0) is 53.1 Å². The number of aliphatic hydroxyl groups excluding tert-OH is 1. The van der Waals surface area contributed by atoms with Gasteiger partial charge in [0.05, 0.1) is 5.92 Å². The molecule has 0 bridgehead atoms. The molecule has 39 heavy (non-hydrogen) atoms. The summed E-state index contributed by atoms with van der Waals surface area (Å²) in [5.74, 6) is -3.26. The molecule has 0 aromatic heterocycles. The third kappa shape index (κ3) is 3.89. The van der Waals surface area contributed by atoms with Gasteiger partial charge in [-0.2, -0.15) is 0 Å². The number of phenolic OH excluding ortho intramolecular Hbond substituents is 6. The molecule has 0 spiro atoms. The molecule has 4 aromatic carbocycles. The molecule has 0 radical (unpaired) electrons. The van der Waals surface area contributed by atoms with Crippen LogP contribution in [-0.2, 0) is 0 Å². The van der Waals surface area contributed by atoms with E-state index in [-0.39, 0.29) is 56.9 Å². The van der Waals surface area contributed by atoms with E-state index in [4.69, 9.17) is 9.47 Å². The second-order valence-corrected chi connectivity index (χ2v) is 9.50. The first-order valence-electron chi connectivity index (χ1n) is 11.9. The Morgan fingerprint density at radius 1 is 0.590 bits per heavy atom. The summed E-state index contributed by atoms with van der Waals surface area (Å²) in [6.07, 6.45) is -3.83. The average Bonchev–Trinajstić information content (AvgIpc) is 3.29. The standard InChI is InChI=1S/C29H22O10/c30-15-4-1-12(2-5-15)27-22(14-7-16(31)10-17(32)8-14)23-20(35)11-21-24(29(23)39-27)25(36)26(37)28(38-21)13-3-6-18(33)19(34)9-13/h1-11,22,26-28,30-35,37H/t22-,26+,27+,28-/m0/s1. The number of Topliss-reactive ketones (excluding diaryl/α,β-unsaturated/α-hetero) is 1. The Morgan fingerprint density at radius 2 is 1.26 bits per heavy atom. The fourth-order valence-electron chi connectivity index (χ4n) is 5.25. The molecule has 2 aliphatic rings. The van der Waals surface area contributed by atoms with Crippen LogP contribution in [0.3, 0.4) is 0 Å². The molecule has 4 atom stereocenters. The zero-order valence-electron chi connectivity index (χ0n) is 20.0. The number of rotatable bonds is 3. The summed E-state index contributed by atoms with van der Waals surface area (Å²) in [7, 11) is 0. The highest BCUT2D eigenvalue weighted by atomic mass is 16.5. The summed E-state index contributed by atoms with van der Waals surface area (Å²) in [6, 6.07) is 15.0. The molecule has 198 valence electrons. The lowest BCUT2D eigenvalue weighted by Gasteiger charge is -2.31. The van der Waals surface area contributed by atoms with Crippen molar-refractivity contribution in [3.8, 4) is 46.0 Å². The SMILES string of the molecule is O=C1c2c(cc(O)c3c2O[C@H](c2ccc(O)cc2)[C@H]3c2cc(O)cc(O)c2)O[C@@H](c2ccc(O)c(O)c2)[C@@H]1O. The number of hydrogen-bond donors (Lipinski definition) is 7. The van der Waals surface area contributed by atoms with Gasteiger partial charge in [0.15, 0.2) is 23.7 Å². The van der Waals surface area contributed by atoms with Crippen LogP contribution in [0, 0.1) is 0 Å². The van der Waals surface area contributed by atoms with Crippen LogP contribution in [0.5, 0.6) is 46.0 Å². The predicted molar refractivity (Wildman–Crippen MR) is 135 cm³/mol. The van der Waals surface area contributed by atoms with E-state index in [1.54, 1.807) is 12.1 Å². The van der Waals surface area contributed by atoms with Crippen molar-refractivity contribution >= 4 is 5.78 Å². The second-order valence-electron chi connectivity index (χ2n) is 9.50. The molecule has 2 heterocycles. The van der Waals surface area contributed by atoms with Crippen LogP contribution in [0.1, 0.15) is 50.7 Å². The number of benzene rings is 4. The minimum atomic E-state index is -1.71. The highest BCUT2D eigenvalue weighted by Crippen LogP contribution is 2.58. The Balaban J connectivity index is 1.51. The number of carbonyl (C=O) groups is 1. The van der Waals surface area contributed by atoms with Gasteiger partial charge >= 0.3 is 0 Å². The van der Waals surface area contributed by atoms with Crippen LogP contribution in [0.4, 0.5) is 0 Å². The number of ketones is 1. The van der Waals surface area contributed by atoms with Crippen molar-refractivity contribution in [2.24, 2.45) is 0 Å².